The smallest absolute Gasteiger partial charge is 0.241 e. The van der Waals surface area contributed by atoms with Crippen molar-refractivity contribution < 1.29 is 9.53 Å². The highest BCUT2D eigenvalue weighted by molar-refractivity contribution is 5.96. The molecule has 0 unspecified atom stereocenters. The molecule has 0 aliphatic carbocycles. The molecule has 2 heterocycles. The molecule has 1 fully saturated rings. The fourth-order valence-corrected chi connectivity index (χ4v) is 3.48. The van der Waals surface area contributed by atoms with Gasteiger partial charge in [0.1, 0.15) is 5.75 Å². The first-order chi connectivity index (χ1) is 13.3. The van der Waals surface area contributed by atoms with E-state index in [1.54, 1.807) is 13.3 Å². The first-order valence-electron chi connectivity index (χ1n) is 9.00. The van der Waals surface area contributed by atoms with Gasteiger partial charge in [0, 0.05) is 32.0 Å². The minimum absolute atomic E-state index is 0.0855. The predicted molar refractivity (Wildman–Crippen MR) is 104 cm³/mol. The van der Waals surface area contributed by atoms with Crippen LogP contribution >= 0.6 is 0 Å². The Balaban J connectivity index is 1.49. The molecule has 1 amide bonds. The van der Waals surface area contributed by atoms with Crippen molar-refractivity contribution >= 4 is 11.6 Å². The van der Waals surface area contributed by atoms with Crippen LogP contribution in [-0.2, 0) is 11.3 Å². The molecule has 0 bridgehead atoms. The van der Waals surface area contributed by atoms with E-state index in [1.807, 2.05) is 58.2 Å². The molecular formula is C21H22N4O2. The van der Waals surface area contributed by atoms with Crippen LogP contribution < -0.4 is 9.64 Å². The summed E-state index contributed by atoms with van der Waals surface area (Å²) in [5.41, 5.74) is 3.03. The van der Waals surface area contributed by atoms with Crippen LogP contribution in [0.5, 0.6) is 5.75 Å². The summed E-state index contributed by atoms with van der Waals surface area (Å²) >= 11 is 0. The Labute approximate surface area is 158 Å². The van der Waals surface area contributed by atoms with Crippen LogP contribution in [0.4, 0.5) is 5.69 Å². The van der Waals surface area contributed by atoms with Crippen molar-refractivity contribution in [3.8, 4) is 11.4 Å². The molecule has 6 heteroatoms. The number of aromatic nitrogens is 2. The number of carbonyl (C=O) groups excluding carboxylic acids is 1. The monoisotopic (exact) mass is 362 g/mol. The first kappa shape index (κ1) is 17.3. The van der Waals surface area contributed by atoms with E-state index >= 15 is 0 Å². The van der Waals surface area contributed by atoms with E-state index in [0.717, 1.165) is 29.2 Å². The summed E-state index contributed by atoms with van der Waals surface area (Å²) in [6.07, 6.45) is 3.70. The lowest BCUT2D eigenvalue weighted by Crippen LogP contribution is -2.50. The number of benzene rings is 2. The number of ether oxygens (including phenoxy) is 1. The molecule has 6 nitrogen and oxygen atoms in total. The minimum atomic E-state index is 0.0855. The number of amides is 1. The Morgan fingerprint density at radius 1 is 1.00 bits per heavy atom. The summed E-state index contributed by atoms with van der Waals surface area (Å²) in [5, 5.41) is 4.34. The van der Waals surface area contributed by atoms with Crippen LogP contribution in [0, 0.1) is 0 Å². The zero-order chi connectivity index (χ0) is 18.6. The van der Waals surface area contributed by atoms with E-state index in [-0.39, 0.29) is 5.91 Å². The van der Waals surface area contributed by atoms with Crippen LogP contribution in [0.1, 0.15) is 5.56 Å². The van der Waals surface area contributed by atoms with Gasteiger partial charge in [-0.2, -0.15) is 5.10 Å². The second-order valence-electron chi connectivity index (χ2n) is 6.51. The summed E-state index contributed by atoms with van der Waals surface area (Å²) < 4.78 is 7.27. The fraction of sp³-hybridized carbons (Fsp3) is 0.238. The zero-order valence-electron chi connectivity index (χ0n) is 15.3. The number of piperazine rings is 1. The second-order valence-corrected chi connectivity index (χ2v) is 6.51. The normalized spacial score (nSPS) is 15.1. The van der Waals surface area contributed by atoms with Crippen LogP contribution in [-0.4, -0.2) is 47.3 Å². The Hall–Kier alpha value is -3.12. The highest BCUT2D eigenvalue weighted by atomic mass is 16.5. The number of anilines is 1. The Morgan fingerprint density at radius 2 is 1.78 bits per heavy atom. The van der Waals surface area contributed by atoms with Gasteiger partial charge < -0.3 is 9.64 Å². The van der Waals surface area contributed by atoms with E-state index in [0.29, 0.717) is 19.6 Å². The highest BCUT2D eigenvalue weighted by Crippen LogP contribution is 2.29. The third-order valence-electron chi connectivity index (χ3n) is 4.81. The van der Waals surface area contributed by atoms with E-state index in [1.165, 1.54) is 0 Å². The Morgan fingerprint density at radius 3 is 2.52 bits per heavy atom. The van der Waals surface area contributed by atoms with Crippen molar-refractivity contribution in [3.05, 3.63) is 72.6 Å². The minimum Gasteiger partial charge on any atom is -0.495 e. The van der Waals surface area contributed by atoms with Gasteiger partial charge in [-0.25, -0.2) is 4.68 Å². The topological polar surface area (TPSA) is 50.6 Å². The average molecular weight is 362 g/mol. The van der Waals surface area contributed by atoms with Crippen molar-refractivity contribution in [3.63, 3.8) is 0 Å². The zero-order valence-corrected chi connectivity index (χ0v) is 15.3. The molecule has 3 aromatic rings. The molecule has 0 radical (unpaired) electrons. The largest absolute Gasteiger partial charge is 0.495 e. The van der Waals surface area contributed by atoms with Crippen molar-refractivity contribution in [2.75, 3.05) is 31.6 Å². The summed E-state index contributed by atoms with van der Waals surface area (Å²) in [5.74, 6) is 0.811. The van der Waals surface area contributed by atoms with Gasteiger partial charge in [0.2, 0.25) is 5.91 Å². The SMILES string of the molecule is COc1ccccc1N1CCN(Cc2ccccc2-n2cccn2)CC1=O. The van der Waals surface area contributed by atoms with Gasteiger partial charge in [-0.15, -0.1) is 0 Å². The molecule has 0 N–H and O–H groups in total. The average Bonchev–Trinajstić information content (AvgIpc) is 3.23. The van der Waals surface area contributed by atoms with Gasteiger partial charge in [-0.05, 0) is 29.8 Å². The van der Waals surface area contributed by atoms with Gasteiger partial charge in [0.15, 0.2) is 0 Å². The Bertz CT molecular complexity index is 923. The number of rotatable bonds is 5. The van der Waals surface area contributed by atoms with E-state index < -0.39 is 0 Å². The molecule has 4 rings (SSSR count). The van der Waals surface area contributed by atoms with Gasteiger partial charge >= 0.3 is 0 Å². The van der Waals surface area contributed by atoms with Crippen molar-refractivity contribution in [1.82, 2.24) is 14.7 Å². The van der Waals surface area contributed by atoms with Crippen LogP contribution in [0.3, 0.4) is 0 Å². The second kappa shape index (κ2) is 7.63. The summed E-state index contributed by atoms with van der Waals surface area (Å²) in [6, 6.07) is 17.7. The van der Waals surface area contributed by atoms with Gasteiger partial charge in [-0.3, -0.25) is 9.69 Å². The van der Waals surface area contributed by atoms with Gasteiger partial charge in [0.25, 0.3) is 0 Å². The lowest BCUT2D eigenvalue weighted by molar-refractivity contribution is -0.121. The maximum Gasteiger partial charge on any atom is 0.241 e. The van der Waals surface area contributed by atoms with Crippen molar-refractivity contribution in [2.24, 2.45) is 0 Å². The fourth-order valence-electron chi connectivity index (χ4n) is 3.48. The molecule has 0 saturated carbocycles. The molecule has 0 spiro atoms. The quantitative estimate of drug-likeness (QED) is 0.700. The molecule has 1 aromatic heterocycles. The number of carbonyl (C=O) groups is 1. The molecule has 2 aromatic carbocycles. The molecule has 138 valence electrons. The molecule has 0 atom stereocenters. The summed E-state index contributed by atoms with van der Waals surface area (Å²) in [4.78, 5) is 16.8. The summed E-state index contributed by atoms with van der Waals surface area (Å²) in [6.45, 7) is 2.54. The van der Waals surface area contributed by atoms with Crippen LogP contribution in [0.25, 0.3) is 5.69 Å². The van der Waals surface area contributed by atoms with Gasteiger partial charge in [0.05, 0.1) is 25.0 Å². The maximum absolute atomic E-state index is 12.8. The van der Waals surface area contributed by atoms with E-state index in [9.17, 15) is 4.79 Å². The maximum atomic E-state index is 12.8. The van der Waals surface area contributed by atoms with E-state index in [2.05, 4.69) is 22.1 Å². The van der Waals surface area contributed by atoms with Crippen molar-refractivity contribution in [2.45, 2.75) is 6.54 Å². The predicted octanol–water partition coefficient (Wildman–Crippen LogP) is 2.73. The molecule has 1 aliphatic rings. The third kappa shape index (κ3) is 3.57. The number of para-hydroxylation sites is 3. The lowest BCUT2D eigenvalue weighted by atomic mass is 10.1. The first-order valence-corrected chi connectivity index (χ1v) is 9.00. The lowest BCUT2D eigenvalue weighted by Gasteiger charge is -2.35. The van der Waals surface area contributed by atoms with Crippen molar-refractivity contribution in [1.29, 1.82) is 0 Å². The number of hydrogen-bond acceptors (Lipinski definition) is 4. The highest BCUT2D eigenvalue weighted by Gasteiger charge is 2.27. The number of hydrogen-bond donors (Lipinski definition) is 0. The Kier molecular flexibility index (Phi) is 4.89. The van der Waals surface area contributed by atoms with E-state index in [4.69, 9.17) is 4.74 Å². The molecule has 1 saturated heterocycles. The molecule has 27 heavy (non-hydrogen) atoms. The van der Waals surface area contributed by atoms with Gasteiger partial charge in [-0.1, -0.05) is 30.3 Å². The molecular weight excluding hydrogens is 340 g/mol. The number of nitrogens with zero attached hydrogens (tertiary/aromatic N) is 4. The standard InChI is InChI=1S/C21H22N4O2/c1-27-20-10-5-4-9-19(20)24-14-13-23(16-21(24)26)15-17-7-2-3-8-18(17)25-12-6-11-22-25/h2-12H,13-16H2,1H3. The van der Waals surface area contributed by atoms with Crippen LogP contribution in [0.2, 0.25) is 0 Å². The third-order valence-corrected chi connectivity index (χ3v) is 4.81. The van der Waals surface area contributed by atoms with Crippen LogP contribution in [0.15, 0.2) is 67.0 Å². The molecule has 1 aliphatic heterocycles. The summed E-state index contributed by atoms with van der Waals surface area (Å²) in [7, 11) is 1.63. The number of methoxy groups -OCH3 is 1.